The molecule has 2 unspecified atom stereocenters. The number of hydrogen-bond acceptors (Lipinski definition) is 4. The van der Waals surface area contributed by atoms with Gasteiger partial charge in [-0.05, 0) is 84.7 Å². The molecule has 0 N–H and O–H groups in total. The Morgan fingerprint density at radius 2 is 1.67 bits per heavy atom. The van der Waals surface area contributed by atoms with E-state index >= 15 is 0 Å². The molecule has 0 spiro atoms. The summed E-state index contributed by atoms with van der Waals surface area (Å²) in [5, 5.41) is 0. The fourth-order valence-corrected chi connectivity index (χ4v) is 4.23. The number of carbonyl (C=O) groups excluding carboxylic acids is 2. The van der Waals surface area contributed by atoms with Gasteiger partial charge in [0.05, 0.1) is 12.2 Å². The molecule has 1 saturated carbocycles. The first-order valence-corrected chi connectivity index (χ1v) is 12.2. The monoisotopic (exact) mass is 448 g/mol. The topological polar surface area (TPSA) is 52.6 Å². The Hall–Kier alpha value is -2.88. The molecule has 4 heteroatoms. The fourth-order valence-electron chi connectivity index (χ4n) is 4.23. The van der Waals surface area contributed by atoms with E-state index in [1.807, 2.05) is 30.3 Å². The molecule has 3 rings (SSSR count). The summed E-state index contributed by atoms with van der Waals surface area (Å²) in [6.45, 7) is 9.20. The molecule has 176 valence electrons. The van der Waals surface area contributed by atoms with E-state index in [9.17, 15) is 9.59 Å². The van der Waals surface area contributed by atoms with Gasteiger partial charge in [-0.15, -0.1) is 0 Å². The Bertz CT molecular complexity index is 954. The summed E-state index contributed by atoms with van der Waals surface area (Å²) in [7, 11) is 0. The summed E-state index contributed by atoms with van der Waals surface area (Å²) < 4.78 is 11.2. The van der Waals surface area contributed by atoms with Crippen LogP contribution in [0, 0.1) is 17.8 Å². The summed E-state index contributed by atoms with van der Waals surface area (Å²) in [6.07, 6.45) is 7.33. The third-order valence-electron chi connectivity index (χ3n) is 6.39. The van der Waals surface area contributed by atoms with Gasteiger partial charge in [0.1, 0.15) is 11.5 Å². The third-order valence-corrected chi connectivity index (χ3v) is 6.39. The molecule has 1 aliphatic rings. The van der Waals surface area contributed by atoms with E-state index in [1.165, 1.54) is 0 Å². The molecule has 33 heavy (non-hydrogen) atoms. The lowest BCUT2D eigenvalue weighted by molar-refractivity contribution is -0.122. The van der Waals surface area contributed by atoms with Gasteiger partial charge >= 0.3 is 5.97 Å². The molecule has 1 aliphatic carbocycles. The Morgan fingerprint density at radius 3 is 2.30 bits per heavy atom. The maximum atomic E-state index is 12.9. The van der Waals surface area contributed by atoms with Crippen molar-refractivity contribution in [2.75, 3.05) is 6.61 Å². The van der Waals surface area contributed by atoms with Gasteiger partial charge < -0.3 is 9.47 Å². The normalized spacial score (nSPS) is 19.7. The van der Waals surface area contributed by atoms with Gasteiger partial charge in [0.2, 0.25) is 0 Å². The minimum absolute atomic E-state index is 0.106. The highest BCUT2D eigenvalue weighted by Crippen LogP contribution is 2.35. The molecular formula is C29H36O4. The minimum Gasteiger partial charge on any atom is -0.494 e. The van der Waals surface area contributed by atoms with E-state index in [0.717, 1.165) is 49.0 Å². The van der Waals surface area contributed by atoms with Crippen molar-refractivity contribution < 1.29 is 19.1 Å². The zero-order valence-electron chi connectivity index (χ0n) is 20.3. The number of esters is 1. The van der Waals surface area contributed by atoms with E-state index in [2.05, 4.69) is 27.7 Å². The zero-order chi connectivity index (χ0) is 23.8. The first-order valence-electron chi connectivity index (χ1n) is 12.2. The highest BCUT2D eigenvalue weighted by molar-refractivity contribution is 6.02. The predicted molar refractivity (Wildman–Crippen MR) is 133 cm³/mol. The van der Waals surface area contributed by atoms with E-state index in [4.69, 9.17) is 9.47 Å². The van der Waals surface area contributed by atoms with Gasteiger partial charge in [-0.1, -0.05) is 52.7 Å². The maximum Gasteiger partial charge on any atom is 0.343 e. The Balaban J connectivity index is 1.61. The largest absolute Gasteiger partial charge is 0.494 e. The molecule has 4 nitrogen and oxygen atoms in total. The number of ether oxygens (including phenoxy) is 2. The quantitative estimate of drug-likeness (QED) is 0.177. The lowest BCUT2D eigenvalue weighted by Gasteiger charge is -2.30. The molecule has 0 amide bonds. The zero-order valence-corrected chi connectivity index (χ0v) is 20.3. The number of Topliss-reactive ketones (excluding diaryl/α,β-unsaturated/α-hetero) is 1. The first kappa shape index (κ1) is 24.8. The smallest absolute Gasteiger partial charge is 0.343 e. The van der Waals surface area contributed by atoms with E-state index in [1.54, 1.807) is 24.3 Å². The number of hydrogen-bond donors (Lipinski definition) is 0. The Morgan fingerprint density at radius 1 is 1.00 bits per heavy atom. The summed E-state index contributed by atoms with van der Waals surface area (Å²) in [5.41, 5.74) is 2.29. The summed E-state index contributed by atoms with van der Waals surface area (Å²) in [6, 6.07) is 14.4. The molecule has 2 aromatic carbocycles. The van der Waals surface area contributed by atoms with Crippen LogP contribution in [0.2, 0.25) is 0 Å². The van der Waals surface area contributed by atoms with Crippen molar-refractivity contribution >= 4 is 17.8 Å². The second-order valence-electron chi connectivity index (χ2n) is 9.33. The standard InChI is InChI=1S/C29H36O4/c1-5-6-7-18-32-24-13-15-25(16-14-24)33-29(31)23-11-9-22(10-12-23)19-27-21(4)8-17-26(20(2)3)28(27)30/h9-16,19-21,26H,5-8,17-18H2,1-4H3/b27-19-. The summed E-state index contributed by atoms with van der Waals surface area (Å²) >= 11 is 0. The minimum atomic E-state index is -0.409. The average Bonchev–Trinajstić information content (AvgIpc) is 2.80. The van der Waals surface area contributed by atoms with Crippen molar-refractivity contribution in [3.8, 4) is 11.5 Å². The van der Waals surface area contributed by atoms with Gasteiger partial charge in [-0.25, -0.2) is 4.79 Å². The predicted octanol–water partition coefficient (Wildman–Crippen LogP) is 7.13. The number of ketones is 1. The van der Waals surface area contributed by atoms with Crippen LogP contribution in [0.5, 0.6) is 11.5 Å². The number of allylic oxidation sites excluding steroid dienone is 1. The number of rotatable bonds is 9. The number of carbonyl (C=O) groups is 2. The van der Waals surface area contributed by atoms with Gasteiger partial charge in [0.15, 0.2) is 5.78 Å². The Kier molecular flexibility index (Phi) is 8.87. The fraction of sp³-hybridized carbons (Fsp3) is 0.448. The van der Waals surface area contributed by atoms with Crippen LogP contribution < -0.4 is 9.47 Å². The van der Waals surface area contributed by atoms with Crippen molar-refractivity contribution in [3.63, 3.8) is 0 Å². The van der Waals surface area contributed by atoms with Gasteiger partial charge in [0.25, 0.3) is 0 Å². The third kappa shape index (κ3) is 6.80. The maximum absolute atomic E-state index is 12.9. The summed E-state index contributed by atoms with van der Waals surface area (Å²) in [5.74, 6) is 1.83. The van der Waals surface area contributed by atoms with Crippen LogP contribution in [0.1, 0.15) is 75.7 Å². The van der Waals surface area contributed by atoms with Gasteiger partial charge in [-0.3, -0.25) is 4.79 Å². The SMILES string of the molecule is CCCCCOc1ccc(OC(=O)c2ccc(/C=C3\C(=O)C(C(C)C)CCC3C)cc2)cc1. The highest BCUT2D eigenvalue weighted by Gasteiger charge is 2.32. The molecule has 0 aromatic heterocycles. The van der Waals surface area contributed by atoms with Crippen LogP contribution in [-0.4, -0.2) is 18.4 Å². The first-order chi connectivity index (χ1) is 15.9. The van der Waals surface area contributed by atoms with Crippen molar-refractivity contribution in [1.82, 2.24) is 0 Å². The Labute approximate surface area is 198 Å². The van der Waals surface area contributed by atoms with E-state index < -0.39 is 5.97 Å². The van der Waals surface area contributed by atoms with Crippen molar-refractivity contribution in [3.05, 3.63) is 65.2 Å². The van der Waals surface area contributed by atoms with Crippen molar-refractivity contribution in [1.29, 1.82) is 0 Å². The van der Waals surface area contributed by atoms with Crippen molar-refractivity contribution in [2.24, 2.45) is 17.8 Å². The molecule has 0 saturated heterocycles. The van der Waals surface area contributed by atoms with Crippen LogP contribution in [0.15, 0.2) is 54.1 Å². The molecular weight excluding hydrogens is 412 g/mol. The second-order valence-corrected chi connectivity index (χ2v) is 9.33. The van der Waals surface area contributed by atoms with E-state index in [0.29, 0.717) is 23.8 Å². The van der Waals surface area contributed by atoms with Gasteiger partial charge in [0, 0.05) is 5.92 Å². The van der Waals surface area contributed by atoms with Crippen LogP contribution in [0.3, 0.4) is 0 Å². The average molecular weight is 449 g/mol. The number of unbranched alkanes of at least 4 members (excludes halogenated alkanes) is 2. The second kappa shape index (κ2) is 11.8. The molecule has 0 heterocycles. The number of benzene rings is 2. The van der Waals surface area contributed by atoms with Gasteiger partial charge in [-0.2, -0.15) is 0 Å². The molecule has 0 bridgehead atoms. The summed E-state index contributed by atoms with van der Waals surface area (Å²) in [4.78, 5) is 25.5. The van der Waals surface area contributed by atoms with Crippen molar-refractivity contribution in [2.45, 2.75) is 59.8 Å². The lowest BCUT2D eigenvalue weighted by Crippen LogP contribution is -2.30. The molecule has 1 fully saturated rings. The molecule has 0 aliphatic heterocycles. The van der Waals surface area contributed by atoms with E-state index in [-0.39, 0.29) is 17.6 Å². The molecule has 2 aromatic rings. The van der Waals surface area contributed by atoms with Crippen LogP contribution in [-0.2, 0) is 4.79 Å². The van der Waals surface area contributed by atoms with Crippen LogP contribution in [0.4, 0.5) is 0 Å². The van der Waals surface area contributed by atoms with Crippen LogP contribution in [0.25, 0.3) is 6.08 Å². The molecule has 2 atom stereocenters. The lowest BCUT2D eigenvalue weighted by atomic mass is 9.73. The molecule has 0 radical (unpaired) electrons. The van der Waals surface area contributed by atoms with Crippen LogP contribution >= 0.6 is 0 Å². The highest BCUT2D eigenvalue weighted by atomic mass is 16.5.